The highest BCUT2D eigenvalue weighted by atomic mass is 19.3. The molecule has 0 saturated carbocycles. The smallest absolute Gasteiger partial charge is 0.294 e. The summed E-state index contributed by atoms with van der Waals surface area (Å²) < 4.78 is 27.2. The maximum absolute atomic E-state index is 13.6. The first kappa shape index (κ1) is 11.0. The maximum Gasteiger partial charge on any atom is 0.353 e. The Bertz CT molecular complexity index is 457. The summed E-state index contributed by atoms with van der Waals surface area (Å²) in [6.45, 7) is 3.78. The van der Waals surface area contributed by atoms with Crippen LogP contribution in [-0.4, -0.2) is 17.9 Å². The van der Waals surface area contributed by atoms with E-state index in [1.54, 1.807) is 0 Å². The Morgan fingerprint density at radius 2 is 2.06 bits per heavy atom. The third-order valence-electron chi connectivity index (χ3n) is 2.78. The first-order valence-corrected chi connectivity index (χ1v) is 5.02. The zero-order valence-corrected chi connectivity index (χ0v) is 9.29. The van der Waals surface area contributed by atoms with E-state index in [9.17, 15) is 13.6 Å². The lowest BCUT2D eigenvalue weighted by Crippen LogP contribution is -2.31. The predicted molar refractivity (Wildman–Crippen MR) is 55.6 cm³/mol. The molecule has 1 aromatic rings. The topological polar surface area (TPSA) is 33.2 Å². The maximum atomic E-state index is 13.6. The molecule has 1 aliphatic rings. The Morgan fingerprint density at radius 1 is 1.44 bits per heavy atom. The van der Waals surface area contributed by atoms with Crippen molar-refractivity contribution >= 4 is 11.7 Å². The Balaban J connectivity index is 2.61. The molecule has 0 fully saturated rings. The molecule has 2 heterocycles. The molecule has 2 rings (SSSR count). The van der Waals surface area contributed by atoms with Gasteiger partial charge in [-0.2, -0.15) is 8.78 Å². The monoisotopic (exact) mass is 226 g/mol. The summed E-state index contributed by atoms with van der Waals surface area (Å²) in [4.78, 5) is 16.1. The molecule has 0 aromatic carbocycles. The molecule has 0 saturated heterocycles. The average molecular weight is 226 g/mol. The van der Waals surface area contributed by atoms with Crippen molar-refractivity contribution in [3.8, 4) is 0 Å². The van der Waals surface area contributed by atoms with E-state index >= 15 is 0 Å². The minimum absolute atomic E-state index is 0.0550. The second kappa shape index (κ2) is 3.23. The van der Waals surface area contributed by atoms with E-state index in [4.69, 9.17) is 0 Å². The van der Waals surface area contributed by atoms with Crippen LogP contribution in [-0.2, 0) is 10.7 Å². The fraction of sp³-hybridized carbons (Fsp3) is 0.455. The minimum Gasteiger partial charge on any atom is -0.294 e. The molecular formula is C11H12F2N2O. The summed E-state index contributed by atoms with van der Waals surface area (Å²) in [7, 11) is 1.31. The summed E-state index contributed by atoms with van der Waals surface area (Å²) >= 11 is 0. The number of hydrogen-bond donors (Lipinski definition) is 0. The molecule has 1 aliphatic heterocycles. The predicted octanol–water partition coefficient (Wildman–Crippen LogP) is 2.27. The van der Waals surface area contributed by atoms with Crippen LogP contribution in [0, 0.1) is 0 Å². The van der Waals surface area contributed by atoms with Gasteiger partial charge in [-0.05, 0) is 17.5 Å². The molecule has 1 aromatic heterocycles. The van der Waals surface area contributed by atoms with Gasteiger partial charge in [0.05, 0.1) is 5.56 Å². The fourth-order valence-electron chi connectivity index (χ4n) is 1.71. The van der Waals surface area contributed by atoms with Gasteiger partial charge < -0.3 is 0 Å². The molecule has 0 N–H and O–H groups in total. The van der Waals surface area contributed by atoms with Gasteiger partial charge in [-0.1, -0.05) is 13.8 Å². The van der Waals surface area contributed by atoms with E-state index in [0.29, 0.717) is 5.56 Å². The van der Waals surface area contributed by atoms with Crippen LogP contribution in [0.1, 0.15) is 30.9 Å². The molecule has 0 bridgehead atoms. The second-order valence-electron chi connectivity index (χ2n) is 4.23. The molecule has 3 nitrogen and oxygen atoms in total. The molecule has 0 aliphatic carbocycles. The molecule has 86 valence electrons. The zero-order chi connectivity index (χ0) is 12.1. The highest BCUT2D eigenvalue weighted by Crippen LogP contribution is 2.42. The van der Waals surface area contributed by atoms with Crippen LogP contribution in [0.25, 0.3) is 0 Å². The van der Waals surface area contributed by atoms with Crippen LogP contribution < -0.4 is 4.90 Å². The van der Waals surface area contributed by atoms with Crippen molar-refractivity contribution in [1.29, 1.82) is 0 Å². The lowest BCUT2D eigenvalue weighted by molar-refractivity contribution is -0.141. The number of carbonyl (C=O) groups is 1. The molecule has 0 unspecified atom stereocenters. The number of nitrogens with zero attached hydrogens (tertiary/aromatic N) is 2. The van der Waals surface area contributed by atoms with Crippen molar-refractivity contribution in [3.05, 3.63) is 23.4 Å². The molecule has 5 heteroatoms. The number of anilines is 1. The number of likely N-dealkylation sites (N-methyl/N-ethyl adjacent to an activating group) is 1. The highest BCUT2D eigenvalue weighted by Gasteiger charge is 2.52. The Hall–Kier alpha value is -1.52. The fourth-order valence-corrected chi connectivity index (χ4v) is 1.71. The molecule has 0 radical (unpaired) electrons. The minimum atomic E-state index is -3.44. The Labute approximate surface area is 92.1 Å². The van der Waals surface area contributed by atoms with Crippen LogP contribution in [0.3, 0.4) is 0 Å². The first-order chi connectivity index (χ1) is 7.35. The van der Waals surface area contributed by atoms with Crippen molar-refractivity contribution in [1.82, 2.24) is 4.98 Å². The third kappa shape index (κ3) is 1.31. The SMILES string of the molecule is CC(C)c1cnc2c(c1)C(F)(F)C(=O)N2C. The van der Waals surface area contributed by atoms with Gasteiger partial charge in [-0.3, -0.25) is 9.69 Å². The standard InChI is InChI=1S/C11H12F2N2O/c1-6(2)7-4-8-9(14-5-7)15(3)10(16)11(8,12)13/h4-6H,1-3H3. The summed E-state index contributed by atoms with van der Waals surface area (Å²) in [5.41, 5.74) is 0.424. The van der Waals surface area contributed by atoms with Crippen LogP contribution in [0.4, 0.5) is 14.6 Å². The van der Waals surface area contributed by atoms with Gasteiger partial charge in [0.1, 0.15) is 5.82 Å². The van der Waals surface area contributed by atoms with E-state index in [-0.39, 0.29) is 17.3 Å². The lowest BCUT2D eigenvalue weighted by atomic mass is 10.0. The van der Waals surface area contributed by atoms with E-state index in [1.807, 2.05) is 13.8 Å². The quantitative estimate of drug-likeness (QED) is 0.736. The normalized spacial score (nSPS) is 18.1. The molecule has 1 amide bonds. The van der Waals surface area contributed by atoms with E-state index in [0.717, 1.165) is 4.90 Å². The number of aromatic nitrogens is 1. The number of alkyl halides is 2. The first-order valence-electron chi connectivity index (χ1n) is 5.02. The van der Waals surface area contributed by atoms with E-state index < -0.39 is 11.8 Å². The van der Waals surface area contributed by atoms with Crippen LogP contribution in [0.15, 0.2) is 12.3 Å². The molecule has 0 atom stereocenters. The number of amides is 1. The number of carbonyl (C=O) groups excluding carboxylic acids is 1. The van der Waals surface area contributed by atoms with Crippen molar-refractivity contribution < 1.29 is 13.6 Å². The van der Waals surface area contributed by atoms with E-state index in [2.05, 4.69) is 4.98 Å². The number of pyridine rings is 1. The van der Waals surface area contributed by atoms with Crippen LogP contribution >= 0.6 is 0 Å². The molecule has 16 heavy (non-hydrogen) atoms. The number of hydrogen-bond acceptors (Lipinski definition) is 2. The van der Waals surface area contributed by atoms with Gasteiger partial charge in [0.25, 0.3) is 0 Å². The van der Waals surface area contributed by atoms with Gasteiger partial charge in [0.2, 0.25) is 0 Å². The largest absolute Gasteiger partial charge is 0.353 e. The van der Waals surface area contributed by atoms with Crippen LogP contribution in [0.5, 0.6) is 0 Å². The Kier molecular flexibility index (Phi) is 2.22. The van der Waals surface area contributed by atoms with Crippen molar-refractivity contribution in [2.24, 2.45) is 0 Å². The average Bonchev–Trinajstić information content (AvgIpc) is 2.40. The van der Waals surface area contributed by atoms with Crippen molar-refractivity contribution in [2.45, 2.75) is 25.7 Å². The Morgan fingerprint density at radius 3 is 2.62 bits per heavy atom. The van der Waals surface area contributed by atoms with Gasteiger partial charge in [0.15, 0.2) is 0 Å². The number of rotatable bonds is 1. The van der Waals surface area contributed by atoms with Crippen molar-refractivity contribution in [3.63, 3.8) is 0 Å². The third-order valence-corrected chi connectivity index (χ3v) is 2.78. The number of fused-ring (bicyclic) bond motifs is 1. The van der Waals surface area contributed by atoms with Gasteiger partial charge in [-0.15, -0.1) is 0 Å². The molecule has 0 spiro atoms. The van der Waals surface area contributed by atoms with Gasteiger partial charge >= 0.3 is 11.8 Å². The van der Waals surface area contributed by atoms with Gasteiger partial charge in [0, 0.05) is 13.2 Å². The van der Waals surface area contributed by atoms with Crippen LogP contribution in [0.2, 0.25) is 0 Å². The molecular weight excluding hydrogens is 214 g/mol. The summed E-state index contributed by atoms with van der Waals surface area (Å²) in [5.74, 6) is -4.49. The highest BCUT2D eigenvalue weighted by molar-refractivity contribution is 6.04. The second-order valence-corrected chi connectivity index (χ2v) is 4.23. The lowest BCUT2D eigenvalue weighted by Gasteiger charge is -2.09. The zero-order valence-electron chi connectivity index (χ0n) is 9.29. The summed E-state index contributed by atoms with van der Waals surface area (Å²) in [6.07, 6.45) is 1.54. The van der Waals surface area contributed by atoms with E-state index in [1.165, 1.54) is 19.3 Å². The summed E-state index contributed by atoms with van der Waals surface area (Å²) in [6, 6.07) is 1.37. The van der Waals surface area contributed by atoms with Gasteiger partial charge in [-0.25, -0.2) is 4.98 Å². The number of halogens is 2. The van der Waals surface area contributed by atoms with Crippen molar-refractivity contribution in [2.75, 3.05) is 11.9 Å². The summed E-state index contributed by atoms with van der Waals surface area (Å²) in [5, 5.41) is 0.